The monoisotopic (exact) mass is 205 g/mol. The van der Waals surface area contributed by atoms with E-state index in [0.717, 1.165) is 22.3 Å². The molecule has 0 aliphatic rings. The van der Waals surface area contributed by atoms with Crippen LogP contribution in [0.4, 0.5) is 0 Å². The number of hydrogen-bond acceptors (Lipinski definition) is 3. The molecular weight excluding hydrogens is 190 g/mol. The van der Waals surface area contributed by atoms with Gasteiger partial charge in [-0.05, 0) is 26.3 Å². The molecule has 0 aliphatic heterocycles. The van der Waals surface area contributed by atoms with Crippen LogP contribution in [-0.2, 0) is 0 Å². The SMILES string of the molecule is COc1cnnc2c(C)cn(C(C)C)c12. The van der Waals surface area contributed by atoms with E-state index < -0.39 is 0 Å². The first kappa shape index (κ1) is 9.96. The Balaban J connectivity index is 2.82. The van der Waals surface area contributed by atoms with Crippen LogP contribution in [0.2, 0.25) is 0 Å². The number of fused-ring (bicyclic) bond motifs is 1. The van der Waals surface area contributed by atoms with Gasteiger partial charge in [0, 0.05) is 12.2 Å². The van der Waals surface area contributed by atoms with Crippen molar-refractivity contribution < 1.29 is 4.74 Å². The first-order valence-corrected chi connectivity index (χ1v) is 5.02. The molecule has 0 radical (unpaired) electrons. The van der Waals surface area contributed by atoms with E-state index >= 15 is 0 Å². The number of methoxy groups -OCH3 is 1. The molecule has 0 aliphatic carbocycles. The Morgan fingerprint density at radius 1 is 1.40 bits per heavy atom. The third kappa shape index (κ3) is 1.46. The molecule has 4 nitrogen and oxygen atoms in total. The van der Waals surface area contributed by atoms with Crippen LogP contribution < -0.4 is 4.74 Å². The van der Waals surface area contributed by atoms with Gasteiger partial charge in [0.2, 0.25) is 0 Å². The molecule has 2 aromatic rings. The number of rotatable bonds is 2. The van der Waals surface area contributed by atoms with E-state index in [2.05, 4.69) is 34.8 Å². The van der Waals surface area contributed by atoms with Gasteiger partial charge in [0.05, 0.1) is 13.3 Å². The minimum absolute atomic E-state index is 0.388. The van der Waals surface area contributed by atoms with E-state index in [9.17, 15) is 0 Å². The summed E-state index contributed by atoms with van der Waals surface area (Å²) in [5, 5.41) is 8.07. The Bertz CT molecular complexity index is 488. The lowest BCUT2D eigenvalue weighted by atomic mass is 10.3. The molecule has 0 bridgehead atoms. The molecule has 80 valence electrons. The molecule has 0 saturated carbocycles. The number of nitrogens with zero attached hydrogens (tertiary/aromatic N) is 3. The largest absolute Gasteiger partial charge is 0.493 e. The van der Waals surface area contributed by atoms with Crippen molar-refractivity contribution in [2.24, 2.45) is 0 Å². The van der Waals surface area contributed by atoms with Gasteiger partial charge in [0.15, 0.2) is 5.75 Å². The highest BCUT2D eigenvalue weighted by atomic mass is 16.5. The summed E-state index contributed by atoms with van der Waals surface area (Å²) < 4.78 is 7.47. The standard InChI is InChI=1S/C11H15N3O/c1-7(2)14-6-8(3)10-11(14)9(15-4)5-12-13-10/h5-7H,1-4H3. The topological polar surface area (TPSA) is 39.9 Å². The summed E-state index contributed by atoms with van der Waals surface area (Å²) in [7, 11) is 1.66. The van der Waals surface area contributed by atoms with Crippen LogP contribution in [0.3, 0.4) is 0 Å². The fraction of sp³-hybridized carbons (Fsp3) is 0.455. The third-order valence-electron chi connectivity index (χ3n) is 2.53. The van der Waals surface area contributed by atoms with Crippen LogP contribution >= 0.6 is 0 Å². The van der Waals surface area contributed by atoms with Gasteiger partial charge >= 0.3 is 0 Å². The molecule has 4 heteroatoms. The van der Waals surface area contributed by atoms with Crippen LogP contribution in [0.15, 0.2) is 12.4 Å². The lowest BCUT2D eigenvalue weighted by Crippen LogP contribution is -2.00. The lowest BCUT2D eigenvalue weighted by Gasteiger charge is -2.10. The van der Waals surface area contributed by atoms with Crippen LogP contribution in [-0.4, -0.2) is 21.9 Å². The van der Waals surface area contributed by atoms with Gasteiger partial charge in [0.25, 0.3) is 0 Å². The van der Waals surface area contributed by atoms with Gasteiger partial charge in [-0.2, -0.15) is 5.10 Å². The van der Waals surface area contributed by atoms with Crippen LogP contribution in [0.1, 0.15) is 25.5 Å². The van der Waals surface area contributed by atoms with Crippen molar-refractivity contribution in [2.75, 3.05) is 7.11 Å². The van der Waals surface area contributed by atoms with Crippen molar-refractivity contribution in [3.63, 3.8) is 0 Å². The number of ether oxygens (including phenoxy) is 1. The van der Waals surface area contributed by atoms with Gasteiger partial charge in [-0.3, -0.25) is 0 Å². The summed E-state index contributed by atoms with van der Waals surface area (Å²) in [5.74, 6) is 0.779. The Morgan fingerprint density at radius 2 is 2.13 bits per heavy atom. The second-order valence-corrected chi connectivity index (χ2v) is 3.92. The normalized spacial score (nSPS) is 11.3. The molecule has 0 saturated heterocycles. The summed E-state index contributed by atoms with van der Waals surface area (Å²) in [5.41, 5.74) is 3.08. The highest BCUT2D eigenvalue weighted by Gasteiger charge is 2.13. The molecule has 0 amide bonds. The van der Waals surface area contributed by atoms with Gasteiger partial charge in [-0.15, -0.1) is 5.10 Å². The van der Waals surface area contributed by atoms with Gasteiger partial charge in [-0.1, -0.05) is 0 Å². The Morgan fingerprint density at radius 3 is 2.73 bits per heavy atom. The smallest absolute Gasteiger partial charge is 0.164 e. The van der Waals surface area contributed by atoms with Crippen molar-refractivity contribution >= 4 is 11.0 Å². The summed E-state index contributed by atoms with van der Waals surface area (Å²) in [6.07, 6.45) is 3.74. The first-order chi connectivity index (χ1) is 7.15. The van der Waals surface area contributed by atoms with Gasteiger partial charge in [-0.25, -0.2) is 0 Å². The second kappa shape index (κ2) is 3.53. The van der Waals surface area contributed by atoms with Crippen LogP contribution in [0, 0.1) is 6.92 Å². The average molecular weight is 205 g/mol. The number of aryl methyl sites for hydroxylation is 1. The average Bonchev–Trinajstić information content (AvgIpc) is 2.56. The number of hydrogen-bond donors (Lipinski definition) is 0. The molecule has 15 heavy (non-hydrogen) atoms. The van der Waals surface area contributed by atoms with Crippen molar-refractivity contribution in [1.29, 1.82) is 0 Å². The molecule has 0 spiro atoms. The summed E-state index contributed by atoms with van der Waals surface area (Å²) >= 11 is 0. The van der Waals surface area contributed by atoms with Gasteiger partial charge < -0.3 is 9.30 Å². The van der Waals surface area contributed by atoms with Crippen molar-refractivity contribution in [2.45, 2.75) is 26.8 Å². The van der Waals surface area contributed by atoms with Crippen molar-refractivity contribution in [1.82, 2.24) is 14.8 Å². The lowest BCUT2D eigenvalue weighted by molar-refractivity contribution is 0.413. The zero-order valence-electron chi connectivity index (χ0n) is 9.48. The molecule has 0 aromatic carbocycles. The van der Waals surface area contributed by atoms with E-state index in [1.165, 1.54) is 0 Å². The van der Waals surface area contributed by atoms with E-state index in [-0.39, 0.29) is 0 Å². The quantitative estimate of drug-likeness (QED) is 0.755. The zero-order valence-corrected chi connectivity index (χ0v) is 9.48. The van der Waals surface area contributed by atoms with E-state index in [1.54, 1.807) is 13.3 Å². The number of aromatic nitrogens is 3. The Labute approximate surface area is 88.9 Å². The van der Waals surface area contributed by atoms with Crippen LogP contribution in [0.5, 0.6) is 5.75 Å². The molecule has 0 fully saturated rings. The maximum atomic E-state index is 5.31. The fourth-order valence-electron chi connectivity index (χ4n) is 1.77. The van der Waals surface area contributed by atoms with Crippen LogP contribution in [0.25, 0.3) is 11.0 Å². The van der Waals surface area contributed by atoms with Crippen molar-refractivity contribution in [3.05, 3.63) is 18.0 Å². The first-order valence-electron chi connectivity index (χ1n) is 5.02. The Kier molecular flexibility index (Phi) is 2.34. The van der Waals surface area contributed by atoms with E-state index in [0.29, 0.717) is 6.04 Å². The summed E-state index contributed by atoms with van der Waals surface area (Å²) in [4.78, 5) is 0. The third-order valence-corrected chi connectivity index (χ3v) is 2.53. The second-order valence-electron chi connectivity index (χ2n) is 3.92. The fourth-order valence-corrected chi connectivity index (χ4v) is 1.77. The molecule has 2 rings (SSSR count). The molecule has 2 heterocycles. The zero-order chi connectivity index (χ0) is 11.0. The minimum atomic E-state index is 0.388. The Hall–Kier alpha value is -1.58. The predicted molar refractivity (Wildman–Crippen MR) is 59.2 cm³/mol. The summed E-state index contributed by atoms with van der Waals surface area (Å²) in [6.45, 7) is 6.31. The summed E-state index contributed by atoms with van der Waals surface area (Å²) in [6, 6.07) is 0.388. The van der Waals surface area contributed by atoms with Gasteiger partial charge in [0.1, 0.15) is 11.0 Å². The molecule has 2 aromatic heterocycles. The highest BCUT2D eigenvalue weighted by Crippen LogP contribution is 2.28. The van der Waals surface area contributed by atoms with E-state index in [1.807, 2.05) is 6.92 Å². The maximum Gasteiger partial charge on any atom is 0.164 e. The molecule has 0 N–H and O–H groups in total. The maximum absolute atomic E-state index is 5.31. The van der Waals surface area contributed by atoms with E-state index in [4.69, 9.17) is 4.74 Å². The molecular formula is C11H15N3O. The van der Waals surface area contributed by atoms with Crippen molar-refractivity contribution in [3.8, 4) is 5.75 Å². The highest BCUT2D eigenvalue weighted by molar-refractivity contribution is 5.84. The minimum Gasteiger partial charge on any atom is -0.493 e. The predicted octanol–water partition coefficient (Wildman–Crippen LogP) is 2.33. The molecule has 0 unspecified atom stereocenters. The molecule has 0 atom stereocenters.